The number of fused-ring (bicyclic) bond motifs is 1. The molecule has 1 aliphatic rings. The predicted octanol–water partition coefficient (Wildman–Crippen LogP) is 6.62. The molecule has 6 nitrogen and oxygen atoms in total. The lowest BCUT2D eigenvalue weighted by Gasteiger charge is -2.29. The Morgan fingerprint density at radius 1 is 1.00 bits per heavy atom. The molecular weight excluding hydrogens is 466 g/mol. The summed E-state index contributed by atoms with van der Waals surface area (Å²) in [6.45, 7) is 6.27. The van der Waals surface area contributed by atoms with Crippen molar-refractivity contribution in [2.75, 3.05) is 10.6 Å². The zero-order chi connectivity index (χ0) is 25.1. The van der Waals surface area contributed by atoms with Gasteiger partial charge in [0.05, 0.1) is 5.57 Å². The molecule has 182 valence electrons. The number of carbonyl (C=O) groups excluding carboxylic acids is 1. The Kier molecular flexibility index (Phi) is 6.91. The van der Waals surface area contributed by atoms with Crippen LogP contribution in [-0.2, 0) is 10.5 Å². The number of benzene rings is 3. The van der Waals surface area contributed by atoms with E-state index >= 15 is 0 Å². The molecule has 2 heterocycles. The van der Waals surface area contributed by atoms with Gasteiger partial charge in [-0.3, -0.25) is 4.79 Å². The molecule has 0 unspecified atom stereocenters. The number of allylic oxidation sites excluding steroid dienone is 1. The van der Waals surface area contributed by atoms with Gasteiger partial charge in [0.1, 0.15) is 6.04 Å². The third-order valence-electron chi connectivity index (χ3n) is 6.24. The number of nitrogens with one attached hydrogen (secondary N) is 2. The summed E-state index contributed by atoms with van der Waals surface area (Å²) in [5.74, 6) is 1.67. The molecule has 1 aliphatic heterocycles. The lowest BCUT2D eigenvalue weighted by Crippen LogP contribution is -2.31. The van der Waals surface area contributed by atoms with Crippen LogP contribution in [0, 0.1) is 0 Å². The quantitative estimate of drug-likeness (QED) is 0.282. The van der Waals surface area contributed by atoms with E-state index in [1.807, 2.05) is 60.1 Å². The second-order valence-electron chi connectivity index (χ2n) is 9.14. The summed E-state index contributed by atoms with van der Waals surface area (Å²) in [4.78, 5) is 18.3. The van der Waals surface area contributed by atoms with Gasteiger partial charge >= 0.3 is 0 Å². The van der Waals surface area contributed by atoms with E-state index in [1.165, 1.54) is 11.1 Å². The fourth-order valence-corrected chi connectivity index (χ4v) is 5.09. The van der Waals surface area contributed by atoms with Crippen LogP contribution in [0.5, 0.6) is 0 Å². The molecule has 36 heavy (non-hydrogen) atoms. The second kappa shape index (κ2) is 10.4. The van der Waals surface area contributed by atoms with Gasteiger partial charge in [-0.05, 0) is 41.7 Å². The van der Waals surface area contributed by atoms with Gasteiger partial charge in [0, 0.05) is 17.1 Å². The number of amides is 1. The van der Waals surface area contributed by atoms with Crippen LogP contribution in [0.25, 0.3) is 0 Å². The van der Waals surface area contributed by atoms with Crippen LogP contribution < -0.4 is 10.6 Å². The van der Waals surface area contributed by atoms with E-state index in [2.05, 4.69) is 60.9 Å². The van der Waals surface area contributed by atoms with Crippen molar-refractivity contribution in [1.29, 1.82) is 0 Å². The van der Waals surface area contributed by atoms with Crippen LogP contribution in [0.3, 0.4) is 0 Å². The van der Waals surface area contributed by atoms with Crippen LogP contribution in [0.1, 0.15) is 49.4 Å². The SMILES string of the molecule is CC1=C(C(=O)Nc2ccccc2)[C@H](c2ccc(C(C)C)cc2)n2nc(SCc3ccccc3)nc2N1. The van der Waals surface area contributed by atoms with Crippen molar-refractivity contribution in [2.24, 2.45) is 0 Å². The Hall–Kier alpha value is -3.84. The molecule has 2 N–H and O–H groups in total. The Balaban J connectivity index is 1.50. The van der Waals surface area contributed by atoms with E-state index in [-0.39, 0.29) is 5.91 Å². The number of aromatic nitrogens is 3. The van der Waals surface area contributed by atoms with Crippen molar-refractivity contribution in [3.8, 4) is 0 Å². The van der Waals surface area contributed by atoms with E-state index in [4.69, 9.17) is 10.1 Å². The molecule has 5 rings (SSSR count). The number of rotatable bonds is 7. The predicted molar refractivity (Wildman–Crippen MR) is 146 cm³/mol. The zero-order valence-electron chi connectivity index (χ0n) is 20.6. The molecule has 1 aromatic heterocycles. The fourth-order valence-electron chi connectivity index (χ4n) is 4.30. The van der Waals surface area contributed by atoms with Gasteiger partial charge in [0.25, 0.3) is 5.91 Å². The minimum atomic E-state index is -0.398. The van der Waals surface area contributed by atoms with Crippen LogP contribution in [0.15, 0.2) is 101 Å². The maximum atomic E-state index is 13.6. The van der Waals surface area contributed by atoms with Crippen LogP contribution >= 0.6 is 11.8 Å². The van der Waals surface area contributed by atoms with E-state index in [0.29, 0.717) is 22.6 Å². The van der Waals surface area contributed by atoms with Gasteiger partial charge in [-0.25, -0.2) is 4.68 Å². The molecule has 3 aromatic carbocycles. The van der Waals surface area contributed by atoms with E-state index in [1.54, 1.807) is 11.8 Å². The van der Waals surface area contributed by atoms with Crippen molar-refractivity contribution in [2.45, 2.75) is 43.6 Å². The number of thioether (sulfide) groups is 1. The first-order valence-electron chi connectivity index (χ1n) is 12.1. The summed E-state index contributed by atoms with van der Waals surface area (Å²) in [6.07, 6.45) is 0. The first-order chi connectivity index (χ1) is 17.5. The monoisotopic (exact) mass is 495 g/mol. The number of hydrogen-bond acceptors (Lipinski definition) is 5. The highest BCUT2D eigenvalue weighted by atomic mass is 32.2. The highest BCUT2D eigenvalue weighted by Gasteiger charge is 2.34. The average Bonchev–Trinajstić information content (AvgIpc) is 3.30. The third kappa shape index (κ3) is 5.06. The van der Waals surface area contributed by atoms with E-state index < -0.39 is 6.04 Å². The van der Waals surface area contributed by atoms with Crippen molar-refractivity contribution in [3.63, 3.8) is 0 Å². The van der Waals surface area contributed by atoms with Crippen LogP contribution in [-0.4, -0.2) is 20.7 Å². The molecule has 0 radical (unpaired) electrons. The van der Waals surface area contributed by atoms with Crippen molar-refractivity contribution in [3.05, 3.63) is 113 Å². The standard InChI is InChI=1S/C29H29N5OS/c1-19(2)22-14-16-23(17-15-22)26-25(27(35)31-24-12-8-5-9-13-24)20(3)30-28-32-29(33-34(26)28)36-18-21-10-6-4-7-11-21/h4-17,19,26H,18H2,1-3H3,(H,31,35)(H,30,32,33)/t26-/m0/s1. The van der Waals surface area contributed by atoms with Gasteiger partial charge in [-0.1, -0.05) is 98.4 Å². The number of anilines is 2. The topological polar surface area (TPSA) is 71.8 Å². The Bertz CT molecular complexity index is 1380. The number of nitrogens with zero attached hydrogens (tertiary/aromatic N) is 3. The molecule has 4 aromatic rings. The number of para-hydroxylation sites is 1. The van der Waals surface area contributed by atoms with Crippen molar-refractivity contribution < 1.29 is 4.79 Å². The lowest BCUT2D eigenvalue weighted by molar-refractivity contribution is -0.113. The molecule has 7 heteroatoms. The molecule has 0 fully saturated rings. The van der Waals surface area contributed by atoms with Crippen LogP contribution in [0.2, 0.25) is 0 Å². The van der Waals surface area contributed by atoms with Crippen molar-refractivity contribution in [1.82, 2.24) is 14.8 Å². The summed E-state index contributed by atoms with van der Waals surface area (Å²) in [5.41, 5.74) is 5.58. The summed E-state index contributed by atoms with van der Waals surface area (Å²) in [6, 6.07) is 27.8. The minimum Gasteiger partial charge on any atom is -0.328 e. The molecule has 0 saturated heterocycles. The molecule has 1 atom stereocenters. The maximum absolute atomic E-state index is 13.6. The summed E-state index contributed by atoms with van der Waals surface area (Å²) >= 11 is 1.58. The van der Waals surface area contributed by atoms with Gasteiger partial charge in [-0.2, -0.15) is 4.98 Å². The van der Waals surface area contributed by atoms with E-state index in [9.17, 15) is 4.79 Å². The van der Waals surface area contributed by atoms with Crippen LogP contribution in [0.4, 0.5) is 11.6 Å². The summed E-state index contributed by atoms with van der Waals surface area (Å²) in [5, 5.41) is 11.9. The highest BCUT2D eigenvalue weighted by Crippen LogP contribution is 2.37. The Morgan fingerprint density at radius 2 is 1.67 bits per heavy atom. The molecular formula is C29H29N5OS. The second-order valence-corrected chi connectivity index (χ2v) is 10.1. The number of carbonyl (C=O) groups is 1. The fraction of sp³-hybridized carbons (Fsp3) is 0.207. The smallest absolute Gasteiger partial charge is 0.255 e. The van der Waals surface area contributed by atoms with Gasteiger partial charge in [0.15, 0.2) is 0 Å². The number of hydrogen-bond donors (Lipinski definition) is 2. The van der Waals surface area contributed by atoms with Gasteiger partial charge < -0.3 is 10.6 Å². The molecule has 0 spiro atoms. The molecule has 0 saturated carbocycles. The van der Waals surface area contributed by atoms with Crippen molar-refractivity contribution >= 4 is 29.3 Å². The largest absolute Gasteiger partial charge is 0.328 e. The molecule has 0 aliphatic carbocycles. The Labute approximate surface area is 215 Å². The first-order valence-corrected chi connectivity index (χ1v) is 13.1. The first kappa shape index (κ1) is 23.9. The summed E-state index contributed by atoms with van der Waals surface area (Å²) < 4.78 is 1.84. The summed E-state index contributed by atoms with van der Waals surface area (Å²) in [7, 11) is 0. The van der Waals surface area contributed by atoms with Gasteiger partial charge in [-0.15, -0.1) is 5.10 Å². The Morgan fingerprint density at radius 3 is 2.33 bits per heavy atom. The highest BCUT2D eigenvalue weighted by molar-refractivity contribution is 7.98. The lowest BCUT2D eigenvalue weighted by atomic mass is 9.93. The van der Waals surface area contributed by atoms with Gasteiger partial charge in [0.2, 0.25) is 11.1 Å². The maximum Gasteiger partial charge on any atom is 0.255 e. The molecule has 1 amide bonds. The van der Waals surface area contributed by atoms with E-state index in [0.717, 1.165) is 22.7 Å². The zero-order valence-corrected chi connectivity index (χ0v) is 21.4. The molecule has 0 bridgehead atoms. The average molecular weight is 496 g/mol. The minimum absolute atomic E-state index is 0.163. The normalized spacial score (nSPS) is 14.9. The third-order valence-corrected chi connectivity index (χ3v) is 7.15.